The van der Waals surface area contributed by atoms with Crippen molar-refractivity contribution in [2.24, 2.45) is 5.41 Å². The number of hydrogen-bond acceptors (Lipinski definition) is 2. The monoisotopic (exact) mass is 258 g/mol. The van der Waals surface area contributed by atoms with E-state index in [4.69, 9.17) is 5.26 Å². The molecule has 0 radical (unpaired) electrons. The number of nitriles is 1. The minimum absolute atomic E-state index is 0.146. The molecule has 0 aliphatic heterocycles. The Hall–Kier alpha value is -1.82. The van der Waals surface area contributed by atoms with Gasteiger partial charge in [0, 0.05) is 13.6 Å². The predicted molar refractivity (Wildman–Crippen MR) is 76.3 cm³/mol. The second-order valence-electron chi connectivity index (χ2n) is 5.46. The summed E-state index contributed by atoms with van der Waals surface area (Å²) in [7, 11) is 1.74. The molecule has 0 aliphatic carbocycles. The molecule has 0 bridgehead atoms. The first-order valence-corrected chi connectivity index (χ1v) is 6.65. The van der Waals surface area contributed by atoms with Crippen molar-refractivity contribution in [1.29, 1.82) is 5.26 Å². The maximum absolute atomic E-state index is 12.1. The van der Waals surface area contributed by atoms with Crippen LogP contribution in [-0.4, -0.2) is 17.9 Å². The van der Waals surface area contributed by atoms with Crippen LogP contribution in [0, 0.1) is 16.7 Å². The minimum Gasteiger partial charge on any atom is -0.340 e. The van der Waals surface area contributed by atoms with Crippen LogP contribution < -0.4 is 0 Å². The molecule has 1 aromatic carbocycles. The summed E-state index contributed by atoms with van der Waals surface area (Å²) < 4.78 is 0. The molecule has 19 heavy (non-hydrogen) atoms. The molecule has 0 saturated heterocycles. The zero-order chi connectivity index (χ0) is 14.5. The van der Waals surface area contributed by atoms with Crippen LogP contribution in [0.2, 0.25) is 0 Å². The number of nitrogens with zero attached hydrogens (tertiary/aromatic N) is 2. The highest BCUT2D eigenvalue weighted by Crippen LogP contribution is 2.18. The molecule has 0 fully saturated rings. The molecule has 0 spiro atoms. The summed E-state index contributed by atoms with van der Waals surface area (Å²) in [5.74, 6) is -0.146. The van der Waals surface area contributed by atoms with E-state index in [0.717, 1.165) is 18.4 Å². The third kappa shape index (κ3) is 4.10. The first-order valence-electron chi connectivity index (χ1n) is 6.65. The zero-order valence-electron chi connectivity index (χ0n) is 12.2. The summed E-state index contributed by atoms with van der Waals surface area (Å²) in [6.45, 7) is 5.99. The number of carbonyl (C=O) groups is 1. The molecule has 0 unspecified atom stereocenters. The molecule has 3 heteroatoms. The molecule has 0 aromatic heterocycles. The number of rotatable bonds is 5. The second-order valence-corrected chi connectivity index (χ2v) is 5.46. The standard InChI is InChI=1S/C16H22N2O/c1-5-6-13-7-9-14(10-8-13)11-18(4)15(19)16(2,3)12-17/h7-10H,5-6,11H2,1-4H3. The normalized spacial score (nSPS) is 10.9. The van der Waals surface area contributed by atoms with Gasteiger partial charge in [0.1, 0.15) is 5.41 Å². The summed E-state index contributed by atoms with van der Waals surface area (Å²) in [5.41, 5.74) is 1.44. The van der Waals surface area contributed by atoms with Gasteiger partial charge in [0.2, 0.25) is 5.91 Å². The Morgan fingerprint density at radius 1 is 1.26 bits per heavy atom. The summed E-state index contributed by atoms with van der Waals surface area (Å²) in [6, 6.07) is 10.3. The number of carbonyl (C=O) groups excluding carboxylic acids is 1. The molecular weight excluding hydrogens is 236 g/mol. The minimum atomic E-state index is -0.961. The van der Waals surface area contributed by atoms with Crippen molar-refractivity contribution in [2.75, 3.05) is 7.05 Å². The van der Waals surface area contributed by atoms with Gasteiger partial charge in [-0.15, -0.1) is 0 Å². The van der Waals surface area contributed by atoms with Crippen LogP contribution in [0.25, 0.3) is 0 Å². The van der Waals surface area contributed by atoms with Gasteiger partial charge >= 0.3 is 0 Å². The van der Waals surface area contributed by atoms with Crippen LogP contribution in [0.5, 0.6) is 0 Å². The largest absolute Gasteiger partial charge is 0.340 e. The average Bonchev–Trinajstić information content (AvgIpc) is 2.40. The molecule has 1 rings (SSSR count). The van der Waals surface area contributed by atoms with Crippen molar-refractivity contribution in [2.45, 2.75) is 40.2 Å². The molecule has 0 atom stereocenters. The van der Waals surface area contributed by atoms with Crippen LogP contribution in [0.1, 0.15) is 38.3 Å². The van der Waals surface area contributed by atoms with Gasteiger partial charge in [-0.2, -0.15) is 5.26 Å². The van der Waals surface area contributed by atoms with Gasteiger partial charge in [-0.05, 0) is 31.4 Å². The van der Waals surface area contributed by atoms with Crippen LogP contribution in [-0.2, 0) is 17.8 Å². The van der Waals surface area contributed by atoms with Crippen molar-refractivity contribution in [3.05, 3.63) is 35.4 Å². The van der Waals surface area contributed by atoms with E-state index in [2.05, 4.69) is 19.1 Å². The topological polar surface area (TPSA) is 44.1 Å². The Bertz CT molecular complexity index is 469. The molecule has 0 N–H and O–H groups in total. The molecule has 0 heterocycles. The second kappa shape index (κ2) is 6.38. The SMILES string of the molecule is CCCc1ccc(CN(C)C(=O)C(C)(C)C#N)cc1. The first-order chi connectivity index (χ1) is 8.90. The van der Waals surface area contributed by atoms with Crippen LogP contribution >= 0.6 is 0 Å². The lowest BCUT2D eigenvalue weighted by Gasteiger charge is -2.24. The van der Waals surface area contributed by atoms with Gasteiger partial charge in [0.15, 0.2) is 0 Å². The average molecular weight is 258 g/mol. The molecule has 102 valence electrons. The van der Waals surface area contributed by atoms with E-state index >= 15 is 0 Å². The fraction of sp³-hybridized carbons (Fsp3) is 0.500. The molecule has 3 nitrogen and oxygen atoms in total. The van der Waals surface area contributed by atoms with E-state index in [1.165, 1.54) is 5.56 Å². The Morgan fingerprint density at radius 2 is 1.79 bits per heavy atom. The van der Waals surface area contributed by atoms with Crippen molar-refractivity contribution in [3.63, 3.8) is 0 Å². The number of amides is 1. The maximum atomic E-state index is 12.1. The van der Waals surface area contributed by atoms with Crippen LogP contribution in [0.15, 0.2) is 24.3 Å². The fourth-order valence-electron chi connectivity index (χ4n) is 1.97. The van der Waals surface area contributed by atoms with Crippen molar-refractivity contribution >= 4 is 5.91 Å². The van der Waals surface area contributed by atoms with Crippen LogP contribution in [0.4, 0.5) is 0 Å². The first kappa shape index (κ1) is 15.2. The summed E-state index contributed by atoms with van der Waals surface area (Å²) in [5, 5.41) is 8.98. The van der Waals surface area contributed by atoms with Gasteiger partial charge in [-0.3, -0.25) is 4.79 Å². The Kier molecular flexibility index (Phi) is 5.11. The molecule has 1 aromatic rings. The molecular formula is C16H22N2O. The molecule has 1 amide bonds. The van der Waals surface area contributed by atoms with E-state index in [-0.39, 0.29) is 5.91 Å². The van der Waals surface area contributed by atoms with E-state index in [9.17, 15) is 4.79 Å². The number of hydrogen-bond donors (Lipinski definition) is 0. The Labute approximate surface area is 115 Å². The lowest BCUT2D eigenvalue weighted by Crippen LogP contribution is -2.37. The van der Waals surface area contributed by atoms with Gasteiger partial charge in [-0.1, -0.05) is 37.6 Å². The quantitative estimate of drug-likeness (QED) is 0.814. The Morgan fingerprint density at radius 3 is 2.26 bits per heavy atom. The third-order valence-corrected chi connectivity index (χ3v) is 3.14. The summed E-state index contributed by atoms with van der Waals surface area (Å²) in [4.78, 5) is 13.7. The van der Waals surface area contributed by atoms with Gasteiger partial charge in [0.25, 0.3) is 0 Å². The molecule has 0 aliphatic rings. The number of aryl methyl sites for hydroxylation is 1. The van der Waals surface area contributed by atoms with Crippen molar-refractivity contribution in [1.82, 2.24) is 4.90 Å². The van der Waals surface area contributed by atoms with E-state index in [1.54, 1.807) is 25.8 Å². The van der Waals surface area contributed by atoms with Gasteiger partial charge in [-0.25, -0.2) is 0 Å². The molecule has 0 saturated carbocycles. The van der Waals surface area contributed by atoms with E-state index < -0.39 is 5.41 Å². The van der Waals surface area contributed by atoms with Gasteiger partial charge < -0.3 is 4.90 Å². The van der Waals surface area contributed by atoms with Gasteiger partial charge in [0.05, 0.1) is 6.07 Å². The summed E-state index contributed by atoms with van der Waals surface area (Å²) in [6.07, 6.45) is 2.21. The lowest BCUT2D eigenvalue weighted by atomic mass is 9.94. The fourth-order valence-corrected chi connectivity index (χ4v) is 1.97. The maximum Gasteiger partial charge on any atom is 0.242 e. The third-order valence-electron chi connectivity index (χ3n) is 3.14. The summed E-state index contributed by atoms with van der Waals surface area (Å²) >= 11 is 0. The Balaban J connectivity index is 2.70. The van der Waals surface area contributed by atoms with Crippen molar-refractivity contribution in [3.8, 4) is 6.07 Å². The highest BCUT2D eigenvalue weighted by Gasteiger charge is 2.30. The highest BCUT2D eigenvalue weighted by atomic mass is 16.2. The smallest absolute Gasteiger partial charge is 0.242 e. The number of benzene rings is 1. The van der Waals surface area contributed by atoms with Crippen LogP contribution in [0.3, 0.4) is 0 Å². The van der Waals surface area contributed by atoms with E-state index in [1.807, 2.05) is 18.2 Å². The highest BCUT2D eigenvalue weighted by molar-refractivity contribution is 5.84. The zero-order valence-corrected chi connectivity index (χ0v) is 12.2. The predicted octanol–water partition coefficient (Wildman–Crippen LogP) is 3.15. The van der Waals surface area contributed by atoms with E-state index in [0.29, 0.717) is 6.54 Å². The lowest BCUT2D eigenvalue weighted by molar-refractivity contribution is -0.136. The van der Waals surface area contributed by atoms with Crippen molar-refractivity contribution < 1.29 is 4.79 Å².